The Morgan fingerprint density at radius 2 is 0.935 bits per heavy atom. The number of carbonyl (C=O) groups is 7. The number of nitrogens with zero attached hydrogens (tertiary/aromatic N) is 1. The fourth-order valence-electron chi connectivity index (χ4n) is 5.54. The van der Waals surface area contributed by atoms with Crippen molar-refractivity contribution in [3.05, 3.63) is 131 Å². The summed E-state index contributed by atoms with van der Waals surface area (Å²) in [6, 6.07) is 32.1. The van der Waals surface area contributed by atoms with Crippen LogP contribution in [0.25, 0.3) is 0 Å². The predicted molar refractivity (Wildman–Crippen MR) is 230 cm³/mol. The van der Waals surface area contributed by atoms with Gasteiger partial charge < -0.3 is 46.1 Å². The van der Waals surface area contributed by atoms with E-state index in [9.17, 15) is 38.7 Å². The molecule has 0 fully saturated rings. The summed E-state index contributed by atoms with van der Waals surface area (Å²) in [6.07, 6.45) is -0.553. The van der Waals surface area contributed by atoms with Gasteiger partial charge in [-0.2, -0.15) is 0 Å². The van der Waals surface area contributed by atoms with Crippen molar-refractivity contribution in [2.45, 2.75) is 45.1 Å². The highest BCUT2D eigenvalue weighted by Crippen LogP contribution is 2.13. The fourth-order valence-corrected chi connectivity index (χ4v) is 5.54. The van der Waals surface area contributed by atoms with E-state index < -0.39 is 29.9 Å². The average Bonchev–Trinajstić information content (AvgIpc) is 3.28. The standard InChI is InChI=1S/C45H53N7O10/c1-52(22-20-38(53)46-26-40(55)48-28-42(57)50-36-16-12-32(13-17-36)24-44(59)61-30-34-8-4-2-5-9-34)23-21-39(54)47-27-41(56)49-29-43(58)51-37-18-14-33(15-19-37)25-45(60)62-31-35-10-6-3-7-11-35/h2-19,38,46,53H,20-31H2,1H3,(H,47,54)(H,48,55)(H,49,56)(H,50,57)(H,51,58). The molecule has 0 spiro atoms. The van der Waals surface area contributed by atoms with Crippen LogP contribution in [0, 0.1) is 0 Å². The lowest BCUT2D eigenvalue weighted by Gasteiger charge is -2.19. The van der Waals surface area contributed by atoms with Crippen LogP contribution in [0.3, 0.4) is 0 Å². The van der Waals surface area contributed by atoms with Crippen LogP contribution in [0.1, 0.15) is 35.1 Å². The van der Waals surface area contributed by atoms with E-state index in [1.165, 1.54) is 0 Å². The molecule has 17 heteroatoms. The first-order chi connectivity index (χ1) is 29.9. The second-order valence-electron chi connectivity index (χ2n) is 14.2. The first-order valence-electron chi connectivity index (χ1n) is 20.0. The third-order valence-electron chi connectivity index (χ3n) is 9.00. The molecule has 0 heterocycles. The molecule has 4 aromatic rings. The molecule has 0 bridgehead atoms. The van der Waals surface area contributed by atoms with E-state index in [-0.39, 0.29) is 82.9 Å². The van der Waals surface area contributed by atoms with Crippen molar-refractivity contribution in [1.82, 2.24) is 26.2 Å². The molecule has 17 nitrogen and oxygen atoms in total. The van der Waals surface area contributed by atoms with E-state index in [2.05, 4.69) is 31.9 Å². The number of rotatable bonds is 25. The average molecular weight is 852 g/mol. The van der Waals surface area contributed by atoms with Crippen molar-refractivity contribution in [3.8, 4) is 0 Å². The molecule has 0 aliphatic carbocycles. The Hall–Kier alpha value is -6.95. The minimum atomic E-state index is -1.03. The van der Waals surface area contributed by atoms with Crippen LogP contribution in [-0.2, 0) is 69.1 Å². The highest BCUT2D eigenvalue weighted by Gasteiger charge is 2.13. The SMILES string of the molecule is CN(CCC(=O)NCC(=O)NCC(=O)Nc1ccc(CC(=O)OCc2ccccc2)cc1)CCC(O)NCC(=O)NCC(=O)Nc1ccc(CC(=O)OCc2ccccc2)cc1. The summed E-state index contributed by atoms with van der Waals surface area (Å²) in [5, 5.41) is 25.7. The second kappa shape index (κ2) is 26.3. The van der Waals surface area contributed by atoms with Gasteiger partial charge in [-0.3, -0.25) is 38.9 Å². The Labute approximate surface area is 359 Å². The molecule has 62 heavy (non-hydrogen) atoms. The maximum Gasteiger partial charge on any atom is 0.310 e. The number of esters is 2. The number of carbonyl (C=O) groups excluding carboxylic acids is 7. The van der Waals surface area contributed by atoms with E-state index in [4.69, 9.17) is 9.47 Å². The summed E-state index contributed by atoms with van der Waals surface area (Å²) in [4.78, 5) is 87.5. The molecule has 4 rings (SSSR count). The largest absolute Gasteiger partial charge is 0.461 e. The van der Waals surface area contributed by atoms with Gasteiger partial charge in [-0.15, -0.1) is 0 Å². The minimum Gasteiger partial charge on any atom is -0.461 e. The van der Waals surface area contributed by atoms with Crippen LogP contribution in [0.15, 0.2) is 109 Å². The summed E-state index contributed by atoms with van der Waals surface area (Å²) in [7, 11) is 1.75. The molecule has 0 aromatic heterocycles. The number of hydrogen-bond donors (Lipinski definition) is 7. The molecular formula is C45H53N7O10. The third kappa shape index (κ3) is 19.9. The minimum absolute atomic E-state index is 0.0764. The quantitative estimate of drug-likeness (QED) is 0.0374. The van der Waals surface area contributed by atoms with Crippen molar-refractivity contribution in [1.29, 1.82) is 0 Å². The summed E-state index contributed by atoms with van der Waals surface area (Å²) in [5.74, 6) is -3.11. The molecule has 0 aliphatic heterocycles. The Morgan fingerprint density at radius 3 is 1.40 bits per heavy atom. The number of aliphatic hydroxyl groups excluding tert-OH is 1. The zero-order chi connectivity index (χ0) is 44.5. The molecule has 0 saturated heterocycles. The number of nitrogens with one attached hydrogen (secondary N) is 6. The van der Waals surface area contributed by atoms with Gasteiger partial charge in [-0.1, -0.05) is 84.9 Å². The van der Waals surface area contributed by atoms with Crippen molar-refractivity contribution >= 4 is 52.8 Å². The van der Waals surface area contributed by atoms with E-state index in [1.54, 1.807) is 60.5 Å². The van der Waals surface area contributed by atoms with E-state index >= 15 is 0 Å². The van der Waals surface area contributed by atoms with Gasteiger partial charge in [-0.25, -0.2) is 0 Å². The summed E-state index contributed by atoms with van der Waals surface area (Å²) < 4.78 is 10.6. The molecule has 328 valence electrons. The molecule has 4 aromatic carbocycles. The molecular weight excluding hydrogens is 799 g/mol. The summed E-state index contributed by atoms with van der Waals surface area (Å²) in [6.45, 7) is -0.0688. The predicted octanol–water partition coefficient (Wildman–Crippen LogP) is 1.80. The summed E-state index contributed by atoms with van der Waals surface area (Å²) >= 11 is 0. The van der Waals surface area contributed by atoms with Gasteiger partial charge in [0.25, 0.3) is 0 Å². The second-order valence-corrected chi connectivity index (χ2v) is 14.2. The van der Waals surface area contributed by atoms with Crippen molar-refractivity contribution in [3.63, 3.8) is 0 Å². The monoisotopic (exact) mass is 851 g/mol. The van der Waals surface area contributed by atoms with Gasteiger partial charge in [0.05, 0.1) is 39.0 Å². The molecule has 1 unspecified atom stereocenters. The molecule has 0 saturated carbocycles. The number of amides is 5. The maximum absolute atomic E-state index is 12.3. The molecule has 7 N–H and O–H groups in total. The number of benzene rings is 4. The number of ether oxygens (including phenoxy) is 2. The highest BCUT2D eigenvalue weighted by molar-refractivity contribution is 5.96. The van der Waals surface area contributed by atoms with Crippen molar-refractivity contribution in [2.24, 2.45) is 0 Å². The number of hydrogen-bond acceptors (Lipinski definition) is 12. The smallest absolute Gasteiger partial charge is 0.310 e. The summed E-state index contributed by atoms with van der Waals surface area (Å²) in [5.41, 5.74) is 4.18. The van der Waals surface area contributed by atoms with Crippen LogP contribution in [0.5, 0.6) is 0 Å². The van der Waals surface area contributed by atoms with Gasteiger partial charge in [-0.05, 0) is 60.0 Å². The third-order valence-corrected chi connectivity index (χ3v) is 9.00. The molecule has 1 atom stereocenters. The van der Waals surface area contributed by atoms with Gasteiger partial charge in [0, 0.05) is 30.9 Å². The van der Waals surface area contributed by atoms with Crippen molar-refractivity contribution in [2.75, 3.05) is 56.9 Å². The molecule has 5 amide bonds. The van der Waals surface area contributed by atoms with Gasteiger partial charge in [0.1, 0.15) is 19.4 Å². The van der Waals surface area contributed by atoms with Gasteiger partial charge in [0.15, 0.2) is 0 Å². The fraction of sp³-hybridized carbons (Fsp3) is 0.311. The first kappa shape index (κ1) is 47.7. The number of anilines is 2. The molecule has 0 aliphatic rings. The zero-order valence-electron chi connectivity index (χ0n) is 34.5. The van der Waals surface area contributed by atoms with E-state index in [0.717, 1.165) is 11.1 Å². The maximum atomic E-state index is 12.3. The Morgan fingerprint density at radius 1 is 0.516 bits per heavy atom. The van der Waals surface area contributed by atoms with Crippen LogP contribution < -0.4 is 31.9 Å². The van der Waals surface area contributed by atoms with Crippen LogP contribution in [0.4, 0.5) is 11.4 Å². The van der Waals surface area contributed by atoms with E-state index in [0.29, 0.717) is 35.6 Å². The Balaban J connectivity index is 0.979. The molecule has 0 radical (unpaired) electrons. The lowest BCUT2D eigenvalue weighted by atomic mass is 10.1. The van der Waals surface area contributed by atoms with E-state index in [1.807, 2.05) is 60.7 Å². The highest BCUT2D eigenvalue weighted by atomic mass is 16.5. The lowest BCUT2D eigenvalue weighted by molar-refractivity contribution is -0.145. The van der Waals surface area contributed by atoms with Gasteiger partial charge in [0.2, 0.25) is 29.5 Å². The topological polar surface area (TPSA) is 234 Å². The Bertz CT molecular complexity index is 2070. The zero-order valence-corrected chi connectivity index (χ0v) is 34.5. The normalized spacial score (nSPS) is 11.1. The van der Waals surface area contributed by atoms with Crippen molar-refractivity contribution < 1.29 is 48.1 Å². The first-order valence-corrected chi connectivity index (χ1v) is 20.0. The van der Waals surface area contributed by atoms with Crippen LogP contribution in [-0.4, -0.2) is 104 Å². The number of aliphatic hydroxyl groups is 1. The lowest BCUT2D eigenvalue weighted by Crippen LogP contribution is -2.42. The Kier molecular flexibility index (Phi) is 20.2. The van der Waals surface area contributed by atoms with Crippen LogP contribution in [0.2, 0.25) is 0 Å². The van der Waals surface area contributed by atoms with Crippen LogP contribution >= 0.6 is 0 Å². The van der Waals surface area contributed by atoms with Gasteiger partial charge >= 0.3 is 11.9 Å².